The molecule has 1 aliphatic rings. The fourth-order valence-electron chi connectivity index (χ4n) is 1.45. The van der Waals surface area contributed by atoms with Crippen LogP contribution in [0.2, 0.25) is 0 Å². The van der Waals surface area contributed by atoms with Crippen LogP contribution in [0.3, 0.4) is 0 Å². The predicted molar refractivity (Wildman–Crippen MR) is 48.6 cm³/mol. The molecule has 12 heavy (non-hydrogen) atoms. The van der Waals surface area contributed by atoms with Gasteiger partial charge in [-0.05, 0) is 18.9 Å². The molecule has 68 valence electrons. The fourth-order valence-corrected chi connectivity index (χ4v) is 1.45. The normalized spacial score (nSPS) is 22.8. The van der Waals surface area contributed by atoms with Gasteiger partial charge in [0.2, 0.25) is 0 Å². The summed E-state index contributed by atoms with van der Waals surface area (Å²) >= 11 is 0. The van der Waals surface area contributed by atoms with Crippen molar-refractivity contribution in [2.45, 2.75) is 19.3 Å². The molecule has 0 aliphatic heterocycles. The summed E-state index contributed by atoms with van der Waals surface area (Å²) in [7, 11) is 3.40. The minimum absolute atomic E-state index is 0.480. The SMILES string of the molecule is C=C(OC)C1CC=C(OC)CC1. The van der Waals surface area contributed by atoms with Gasteiger partial charge in [0.15, 0.2) is 0 Å². The smallest absolute Gasteiger partial charge is 0.0917 e. The van der Waals surface area contributed by atoms with E-state index < -0.39 is 0 Å². The quantitative estimate of drug-likeness (QED) is 0.603. The number of hydrogen-bond acceptors (Lipinski definition) is 2. The number of rotatable bonds is 3. The van der Waals surface area contributed by atoms with Crippen LogP contribution in [-0.2, 0) is 9.47 Å². The molecule has 0 saturated carbocycles. The molecule has 0 amide bonds. The van der Waals surface area contributed by atoms with E-state index in [2.05, 4.69) is 12.7 Å². The van der Waals surface area contributed by atoms with Crippen molar-refractivity contribution in [2.24, 2.45) is 5.92 Å². The van der Waals surface area contributed by atoms with Crippen LogP contribution in [0.5, 0.6) is 0 Å². The first-order valence-electron chi connectivity index (χ1n) is 4.23. The van der Waals surface area contributed by atoms with Gasteiger partial charge < -0.3 is 9.47 Å². The van der Waals surface area contributed by atoms with Gasteiger partial charge in [0.05, 0.1) is 25.7 Å². The van der Waals surface area contributed by atoms with Crippen LogP contribution in [0, 0.1) is 5.92 Å². The molecule has 0 N–H and O–H groups in total. The summed E-state index contributed by atoms with van der Waals surface area (Å²) in [5.74, 6) is 2.46. The van der Waals surface area contributed by atoms with Crippen LogP contribution < -0.4 is 0 Å². The van der Waals surface area contributed by atoms with Gasteiger partial charge in [-0.1, -0.05) is 6.58 Å². The molecule has 1 aliphatic carbocycles. The van der Waals surface area contributed by atoms with E-state index in [1.165, 1.54) is 0 Å². The molecule has 0 aromatic rings. The standard InChI is InChI=1S/C10H16O2/c1-8(11-2)9-4-6-10(12-3)7-5-9/h6,9H,1,4-5,7H2,2-3H3. The van der Waals surface area contributed by atoms with Gasteiger partial charge in [-0.15, -0.1) is 0 Å². The molecular weight excluding hydrogens is 152 g/mol. The van der Waals surface area contributed by atoms with Crippen molar-refractivity contribution in [3.63, 3.8) is 0 Å². The van der Waals surface area contributed by atoms with Crippen LogP contribution in [0.4, 0.5) is 0 Å². The maximum absolute atomic E-state index is 5.14. The summed E-state index contributed by atoms with van der Waals surface area (Å²) in [5, 5.41) is 0. The van der Waals surface area contributed by atoms with E-state index in [1.807, 2.05) is 0 Å². The first-order chi connectivity index (χ1) is 5.77. The van der Waals surface area contributed by atoms with Crippen molar-refractivity contribution in [3.05, 3.63) is 24.2 Å². The Kier molecular flexibility index (Phi) is 3.20. The van der Waals surface area contributed by atoms with E-state index in [-0.39, 0.29) is 0 Å². The zero-order chi connectivity index (χ0) is 8.97. The first-order valence-corrected chi connectivity index (χ1v) is 4.23. The Bertz CT molecular complexity index is 194. The molecule has 0 radical (unpaired) electrons. The Morgan fingerprint density at radius 2 is 2.33 bits per heavy atom. The fraction of sp³-hybridized carbons (Fsp3) is 0.600. The third-order valence-corrected chi connectivity index (χ3v) is 2.35. The van der Waals surface area contributed by atoms with E-state index in [9.17, 15) is 0 Å². The second-order valence-corrected chi connectivity index (χ2v) is 3.02. The Labute approximate surface area is 73.9 Å². The third-order valence-electron chi connectivity index (χ3n) is 2.35. The minimum Gasteiger partial charge on any atom is -0.501 e. The van der Waals surface area contributed by atoms with Gasteiger partial charge in [-0.2, -0.15) is 0 Å². The monoisotopic (exact) mass is 168 g/mol. The van der Waals surface area contributed by atoms with Gasteiger partial charge in [-0.3, -0.25) is 0 Å². The number of allylic oxidation sites excluding steroid dienone is 3. The van der Waals surface area contributed by atoms with Crippen LogP contribution >= 0.6 is 0 Å². The summed E-state index contributed by atoms with van der Waals surface area (Å²) in [5.41, 5.74) is 0. The summed E-state index contributed by atoms with van der Waals surface area (Å²) in [6.45, 7) is 3.86. The highest BCUT2D eigenvalue weighted by molar-refractivity contribution is 5.05. The minimum atomic E-state index is 0.480. The van der Waals surface area contributed by atoms with Gasteiger partial charge >= 0.3 is 0 Å². The molecule has 1 atom stereocenters. The lowest BCUT2D eigenvalue weighted by molar-refractivity contribution is 0.213. The first kappa shape index (κ1) is 9.17. The Morgan fingerprint density at radius 3 is 2.75 bits per heavy atom. The molecule has 0 bridgehead atoms. The second kappa shape index (κ2) is 4.19. The van der Waals surface area contributed by atoms with Crippen molar-refractivity contribution in [2.75, 3.05) is 14.2 Å². The third kappa shape index (κ3) is 2.03. The summed E-state index contributed by atoms with van der Waals surface area (Å²) in [6.07, 6.45) is 5.21. The van der Waals surface area contributed by atoms with Crippen LogP contribution in [0.1, 0.15) is 19.3 Å². The van der Waals surface area contributed by atoms with E-state index >= 15 is 0 Å². The summed E-state index contributed by atoms with van der Waals surface area (Å²) in [4.78, 5) is 0. The highest BCUT2D eigenvalue weighted by Crippen LogP contribution is 2.28. The van der Waals surface area contributed by atoms with Crippen LogP contribution in [-0.4, -0.2) is 14.2 Å². The van der Waals surface area contributed by atoms with Crippen molar-refractivity contribution in [1.29, 1.82) is 0 Å². The Morgan fingerprint density at radius 1 is 1.58 bits per heavy atom. The van der Waals surface area contributed by atoms with Gasteiger partial charge in [0.1, 0.15) is 0 Å². The van der Waals surface area contributed by atoms with E-state index in [0.29, 0.717) is 5.92 Å². The highest BCUT2D eigenvalue weighted by Gasteiger charge is 2.17. The van der Waals surface area contributed by atoms with Crippen molar-refractivity contribution in [1.82, 2.24) is 0 Å². The second-order valence-electron chi connectivity index (χ2n) is 3.02. The summed E-state index contributed by atoms with van der Waals surface area (Å²) < 4.78 is 10.2. The maximum atomic E-state index is 5.14. The molecule has 1 rings (SSSR count). The molecule has 0 heterocycles. The molecule has 0 aromatic heterocycles. The molecule has 2 heteroatoms. The summed E-state index contributed by atoms with van der Waals surface area (Å²) in [6, 6.07) is 0. The van der Waals surface area contributed by atoms with Gasteiger partial charge in [-0.25, -0.2) is 0 Å². The van der Waals surface area contributed by atoms with Crippen LogP contribution in [0.15, 0.2) is 24.2 Å². The molecule has 0 spiro atoms. The number of ether oxygens (including phenoxy) is 2. The van der Waals surface area contributed by atoms with E-state index in [1.54, 1.807) is 14.2 Å². The highest BCUT2D eigenvalue weighted by atomic mass is 16.5. The molecule has 1 unspecified atom stereocenters. The van der Waals surface area contributed by atoms with Crippen molar-refractivity contribution >= 4 is 0 Å². The zero-order valence-electron chi connectivity index (χ0n) is 7.80. The van der Waals surface area contributed by atoms with Gasteiger partial charge in [0.25, 0.3) is 0 Å². The van der Waals surface area contributed by atoms with Crippen molar-refractivity contribution in [3.8, 4) is 0 Å². The maximum Gasteiger partial charge on any atom is 0.0917 e. The number of hydrogen-bond donors (Lipinski definition) is 0. The molecule has 0 saturated heterocycles. The van der Waals surface area contributed by atoms with Crippen molar-refractivity contribution < 1.29 is 9.47 Å². The number of methoxy groups -OCH3 is 2. The predicted octanol–water partition coefficient (Wildman–Crippen LogP) is 2.48. The molecule has 0 fully saturated rings. The zero-order valence-corrected chi connectivity index (χ0v) is 7.80. The molecular formula is C10H16O2. The Hall–Kier alpha value is -0.920. The van der Waals surface area contributed by atoms with Crippen LogP contribution in [0.25, 0.3) is 0 Å². The van der Waals surface area contributed by atoms with Gasteiger partial charge in [0, 0.05) is 12.3 Å². The lowest BCUT2D eigenvalue weighted by Gasteiger charge is -2.21. The average Bonchev–Trinajstić information content (AvgIpc) is 2.17. The average molecular weight is 168 g/mol. The topological polar surface area (TPSA) is 18.5 Å². The largest absolute Gasteiger partial charge is 0.501 e. The Balaban J connectivity index is 2.46. The van der Waals surface area contributed by atoms with E-state index in [4.69, 9.17) is 9.47 Å². The lowest BCUT2D eigenvalue weighted by Crippen LogP contribution is -2.09. The molecule has 2 nitrogen and oxygen atoms in total. The molecule has 0 aromatic carbocycles. The lowest BCUT2D eigenvalue weighted by atomic mass is 9.92. The van der Waals surface area contributed by atoms with E-state index in [0.717, 1.165) is 30.8 Å².